The van der Waals surface area contributed by atoms with Crippen LogP contribution in [0.15, 0.2) is 54.6 Å². The Labute approximate surface area is 192 Å². The third-order valence-electron chi connectivity index (χ3n) is 5.97. The number of rotatable bonds is 9. The van der Waals surface area contributed by atoms with Gasteiger partial charge in [-0.15, -0.1) is 0 Å². The van der Waals surface area contributed by atoms with Gasteiger partial charge >= 0.3 is 6.03 Å². The number of carbonyl (C=O) groups excluding carboxylic acids is 2. The number of hydrogen-bond acceptors (Lipinski definition) is 3. The summed E-state index contributed by atoms with van der Waals surface area (Å²) < 4.78 is 0. The van der Waals surface area contributed by atoms with Crippen molar-refractivity contribution in [2.24, 2.45) is 0 Å². The predicted octanol–water partition coefficient (Wildman–Crippen LogP) is 4.47. The summed E-state index contributed by atoms with van der Waals surface area (Å²) in [6.45, 7) is 0. The van der Waals surface area contributed by atoms with Gasteiger partial charge in [0.15, 0.2) is 0 Å². The second kappa shape index (κ2) is 10.4. The maximum atomic E-state index is 12.7. The number of hydrogen-bond donors (Lipinski definition) is 3. The molecule has 7 heteroatoms. The Morgan fingerprint density at radius 1 is 1.10 bits per heavy atom. The Kier molecular flexibility index (Phi) is 7.41. The van der Waals surface area contributed by atoms with Gasteiger partial charge < -0.3 is 16.0 Å². The molecule has 5 nitrogen and oxygen atoms in total. The molecule has 4 atom stereocenters. The van der Waals surface area contributed by atoms with Crippen LogP contribution < -0.4 is 16.0 Å². The molecule has 164 valence electrons. The number of carbonyl (C=O) groups is 2. The molecule has 2 heterocycles. The van der Waals surface area contributed by atoms with Crippen LogP contribution in [0.1, 0.15) is 42.9 Å². The van der Waals surface area contributed by atoms with E-state index in [4.69, 9.17) is 11.6 Å². The normalized spacial score (nSPS) is 23.0. The largest absolute Gasteiger partial charge is 0.349 e. The van der Waals surface area contributed by atoms with E-state index in [-0.39, 0.29) is 30.1 Å². The van der Waals surface area contributed by atoms with Crippen LogP contribution in [0.25, 0.3) is 0 Å². The van der Waals surface area contributed by atoms with Crippen molar-refractivity contribution in [3.05, 3.63) is 70.7 Å². The Morgan fingerprint density at radius 3 is 2.65 bits per heavy atom. The summed E-state index contributed by atoms with van der Waals surface area (Å²) in [6.07, 6.45) is 4.09. The van der Waals surface area contributed by atoms with Crippen LogP contribution in [0.4, 0.5) is 4.79 Å². The topological polar surface area (TPSA) is 70.2 Å². The average Bonchev–Trinajstić information content (AvgIpc) is 3.32. The van der Waals surface area contributed by atoms with E-state index in [1.165, 1.54) is 0 Å². The molecular weight excluding hydrogens is 430 g/mol. The fourth-order valence-electron chi connectivity index (χ4n) is 4.33. The van der Waals surface area contributed by atoms with Crippen LogP contribution in [-0.2, 0) is 11.2 Å². The van der Waals surface area contributed by atoms with Gasteiger partial charge in [-0.1, -0.05) is 60.5 Å². The van der Waals surface area contributed by atoms with Crippen molar-refractivity contribution in [2.45, 2.75) is 55.5 Å². The summed E-state index contributed by atoms with van der Waals surface area (Å²) in [5.41, 5.74) is 2.24. The lowest BCUT2D eigenvalue weighted by atomic mass is 9.98. The number of amides is 3. The molecule has 31 heavy (non-hydrogen) atoms. The highest BCUT2D eigenvalue weighted by Crippen LogP contribution is 2.33. The Morgan fingerprint density at radius 2 is 1.87 bits per heavy atom. The number of benzene rings is 2. The zero-order chi connectivity index (χ0) is 21.6. The molecule has 2 aliphatic rings. The van der Waals surface area contributed by atoms with Gasteiger partial charge in [-0.3, -0.25) is 4.79 Å². The van der Waals surface area contributed by atoms with E-state index in [1.54, 1.807) is 0 Å². The molecule has 0 unspecified atom stereocenters. The average molecular weight is 458 g/mol. The van der Waals surface area contributed by atoms with Crippen LogP contribution in [0, 0.1) is 0 Å². The van der Waals surface area contributed by atoms with Crippen LogP contribution in [0.3, 0.4) is 0 Å². The monoisotopic (exact) mass is 457 g/mol. The van der Waals surface area contributed by atoms with Gasteiger partial charge in [0.1, 0.15) is 0 Å². The zero-order valence-electron chi connectivity index (χ0n) is 17.4. The van der Waals surface area contributed by atoms with Crippen LogP contribution in [0.5, 0.6) is 0 Å². The third kappa shape index (κ3) is 5.95. The van der Waals surface area contributed by atoms with E-state index >= 15 is 0 Å². The fourth-order valence-corrected chi connectivity index (χ4v) is 6.00. The summed E-state index contributed by atoms with van der Waals surface area (Å²) in [7, 11) is 0. The Hall–Kier alpha value is -2.18. The second-order valence-corrected chi connectivity index (χ2v) is 9.94. The first kappa shape index (κ1) is 22.0. The number of urea groups is 1. The highest BCUT2D eigenvalue weighted by molar-refractivity contribution is 8.00. The van der Waals surface area contributed by atoms with Gasteiger partial charge in [0.2, 0.25) is 5.91 Å². The molecule has 3 amide bonds. The quantitative estimate of drug-likeness (QED) is 0.384. The van der Waals surface area contributed by atoms with Gasteiger partial charge in [0, 0.05) is 22.4 Å². The van der Waals surface area contributed by atoms with Crippen molar-refractivity contribution in [3.8, 4) is 0 Å². The van der Waals surface area contributed by atoms with Crippen molar-refractivity contribution >= 4 is 35.3 Å². The minimum absolute atomic E-state index is 0.0488. The van der Waals surface area contributed by atoms with Gasteiger partial charge in [0.25, 0.3) is 0 Å². The molecule has 0 saturated carbocycles. The first-order valence-electron chi connectivity index (χ1n) is 10.9. The Balaban J connectivity index is 1.26. The molecule has 0 spiro atoms. The van der Waals surface area contributed by atoms with E-state index < -0.39 is 0 Å². The van der Waals surface area contributed by atoms with Gasteiger partial charge in [-0.25, -0.2) is 4.79 Å². The molecule has 2 saturated heterocycles. The van der Waals surface area contributed by atoms with Gasteiger partial charge in [-0.2, -0.15) is 11.8 Å². The molecule has 2 fully saturated rings. The van der Waals surface area contributed by atoms with Crippen molar-refractivity contribution in [2.75, 3.05) is 5.75 Å². The number of nitrogens with one attached hydrogen (secondary N) is 3. The van der Waals surface area contributed by atoms with Gasteiger partial charge in [0.05, 0.1) is 18.1 Å². The zero-order valence-corrected chi connectivity index (χ0v) is 18.9. The molecule has 0 bridgehead atoms. The first-order valence-corrected chi connectivity index (χ1v) is 12.3. The molecular formula is C24H28ClN3O2S. The molecule has 3 N–H and O–H groups in total. The fraction of sp³-hybridized carbons (Fsp3) is 0.417. The smallest absolute Gasteiger partial charge is 0.315 e. The SMILES string of the molecule is O=C(CCCC[C@@H]1SC[C@@H]2NC(=O)N[C@@H]21)N[C@H](Cc1ccc(Cl)cc1)c1ccccc1. The van der Waals surface area contributed by atoms with E-state index in [9.17, 15) is 9.59 Å². The van der Waals surface area contributed by atoms with E-state index in [0.717, 1.165) is 42.6 Å². The highest BCUT2D eigenvalue weighted by Gasteiger charge is 2.42. The molecule has 0 aromatic heterocycles. The molecule has 2 aliphatic heterocycles. The number of halogens is 1. The highest BCUT2D eigenvalue weighted by atomic mass is 35.5. The van der Waals surface area contributed by atoms with Crippen molar-refractivity contribution in [1.82, 2.24) is 16.0 Å². The first-order chi connectivity index (χ1) is 15.1. The van der Waals surface area contributed by atoms with Crippen LogP contribution >= 0.6 is 23.4 Å². The van der Waals surface area contributed by atoms with Crippen molar-refractivity contribution in [1.29, 1.82) is 0 Å². The maximum absolute atomic E-state index is 12.7. The maximum Gasteiger partial charge on any atom is 0.315 e. The lowest BCUT2D eigenvalue weighted by molar-refractivity contribution is -0.122. The molecule has 2 aromatic carbocycles. The van der Waals surface area contributed by atoms with E-state index in [0.29, 0.717) is 16.7 Å². The summed E-state index contributed by atoms with van der Waals surface area (Å²) in [6, 6.07) is 18.2. The molecule has 0 aliphatic carbocycles. The third-order valence-corrected chi connectivity index (χ3v) is 7.73. The number of fused-ring (bicyclic) bond motifs is 1. The van der Waals surface area contributed by atoms with Crippen LogP contribution in [-0.4, -0.2) is 35.0 Å². The second-order valence-electron chi connectivity index (χ2n) is 8.23. The standard InChI is InChI=1S/C24H28ClN3O2S/c25-18-12-10-16(11-13-18)14-19(17-6-2-1-3-7-17)26-22(29)9-5-4-8-21-23-20(15-31-21)27-24(30)28-23/h1-3,6-7,10-13,19-21,23H,4-5,8-9,14-15H2,(H,26,29)(H2,27,28,30)/t19-,20+,21+,23+/m1/s1. The lowest BCUT2D eigenvalue weighted by Gasteiger charge is -2.20. The predicted molar refractivity (Wildman–Crippen MR) is 126 cm³/mol. The number of unbranched alkanes of at least 4 members (excludes halogenated alkanes) is 1. The summed E-state index contributed by atoms with van der Waals surface area (Å²) in [4.78, 5) is 24.2. The summed E-state index contributed by atoms with van der Waals surface area (Å²) in [5.74, 6) is 1.05. The number of thioether (sulfide) groups is 1. The molecule has 0 radical (unpaired) electrons. The lowest BCUT2D eigenvalue weighted by Crippen LogP contribution is -2.36. The Bertz CT molecular complexity index is 893. The van der Waals surface area contributed by atoms with Crippen molar-refractivity contribution < 1.29 is 9.59 Å². The van der Waals surface area contributed by atoms with Crippen molar-refractivity contribution in [3.63, 3.8) is 0 Å². The molecule has 2 aromatic rings. The van der Waals surface area contributed by atoms with Crippen LogP contribution in [0.2, 0.25) is 5.02 Å². The molecule has 4 rings (SSSR count). The minimum Gasteiger partial charge on any atom is -0.349 e. The minimum atomic E-state index is -0.0687. The van der Waals surface area contributed by atoms with Gasteiger partial charge in [-0.05, 0) is 42.5 Å². The summed E-state index contributed by atoms with van der Waals surface area (Å²) >= 11 is 7.93. The summed E-state index contributed by atoms with van der Waals surface area (Å²) in [5, 5.41) is 10.4. The van der Waals surface area contributed by atoms with E-state index in [1.807, 2.05) is 54.2 Å². The van der Waals surface area contributed by atoms with E-state index in [2.05, 4.69) is 28.1 Å².